The smallest absolute Gasteiger partial charge is 0.194 e. The molecule has 2 N–H and O–H groups in total. The number of guanidine groups is 1. The van der Waals surface area contributed by atoms with Crippen LogP contribution in [0.2, 0.25) is 0 Å². The first-order valence-corrected chi connectivity index (χ1v) is 8.40. The molecule has 0 unspecified atom stereocenters. The van der Waals surface area contributed by atoms with E-state index in [9.17, 15) is 9.50 Å². The molecule has 1 heterocycles. The average Bonchev–Trinajstić information content (AvgIpc) is 2.65. The van der Waals surface area contributed by atoms with E-state index in [0.29, 0.717) is 12.3 Å². The molecule has 1 fully saturated rings. The molecule has 3 rings (SSSR count). The lowest BCUT2D eigenvalue weighted by molar-refractivity contribution is 0.369. The van der Waals surface area contributed by atoms with Crippen LogP contribution in [0.15, 0.2) is 53.5 Å². The molecule has 0 atom stereocenters. The number of para-hydroxylation sites is 2. The van der Waals surface area contributed by atoms with Gasteiger partial charge < -0.3 is 20.2 Å². The van der Waals surface area contributed by atoms with Gasteiger partial charge in [0.25, 0.3) is 0 Å². The maximum Gasteiger partial charge on any atom is 0.194 e. The predicted octanol–water partition coefficient (Wildman–Crippen LogP) is 2.43. The van der Waals surface area contributed by atoms with Crippen LogP contribution in [0, 0.1) is 5.82 Å². The third kappa shape index (κ3) is 4.21. The summed E-state index contributed by atoms with van der Waals surface area (Å²) in [6.07, 6.45) is 0. The number of aliphatic imine (C=N–C) groups is 1. The summed E-state index contributed by atoms with van der Waals surface area (Å²) in [5.74, 6) is 0.921. The van der Waals surface area contributed by atoms with Crippen LogP contribution in [0.25, 0.3) is 0 Å². The van der Waals surface area contributed by atoms with Crippen molar-refractivity contribution in [3.63, 3.8) is 0 Å². The molecule has 1 aliphatic rings. The zero-order valence-electron chi connectivity index (χ0n) is 14.3. The standard InChI is InChI=1S/C19H23FN4O/c1-21-19(22-14-15-6-8-16(20)9-7-15)24-12-10-23(11-13-24)17-4-2-3-5-18(17)25/h2-9,25H,10-14H2,1H3,(H,21,22). The van der Waals surface area contributed by atoms with Crippen LogP contribution in [0.4, 0.5) is 10.1 Å². The van der Waals surface area contributed by atoms with Crippen molar-refractivity contribution < 1.29 is 9.50 Å². The zero-order chi connectivity index (χ0) is 17.6. The summed E-state index contributed by atoms with van der Waals surface area (Å²) in [7, 11) is 1.77. The van der Waals surface area contributed by atoms with Gasteiger partial charge in [-0.1, -0.05) is 24.3 Å². The molecule has 2 aromatic rings. The van der Waals surface area contributed by atoms with Crippen LogP contribution in [-0.4, -0.2) is 49.2 Å². The van der Waals surface area contributed by atoms with Gasteiger partial charge in [0.05, 0.1) is 5.69 Å². The zero-order valence-corrected chi connectivity index (χ0v) is 14.3. The average molecular weight is 342 g/mol. The molecule has 132 valence electrons. The number of aromatic hydroxyl groups is 1. The molecule has 6 heteroatoms. The first-order valence-electron chi connectivity index (χ1n) is 8.40. The van der Waals surface area contributed by atoms with E-state index in [1.807, 2.05) is 18.2 Å². The molecule has 5 nitrogen and oxygen atoms in total. The molecule has 25 heavy (non-hydrogen) atoms. The van der Waals surface area contributed by atoms with Crippen molar-refractivity contribution in [2.24, 2.45) is 4.99 Å². The van der Waals surface area contributed by atoms with Crippen LogP contribution in [0.5, 0.6) is 5.75 Å². The first kappa shape index (κ1) is 17.1. The van der Waals surface area contributed by atoms with Gasteiger partial charge in [-0.2, -0.15) is 0 Å². The topological polar surface area (TPSA) is 51.1 Å². The molecule has 1 aliphatic heterocycles. The largest absolute Gasteiger partial charge is 0.506 e. The molecule has 0 aliphatic carbocycles. The lowest BCUT2D eigenvalue weighted by Gasteiger charge is -2.37. The molecule has 2 aromatic carbocycles. The maximum atomic E-state index is 13.0. The fourth-order valence-corrected chi connectivity index (χ4v) is 3.01. The van der Waals surface area contributed by atoms with Crippen LogP contribution in [-0.2, 0) is 6.54 Å². The Morgan fingerprint density at radius 2 is 1.76 bits per heavy atom. The summed E-state index contributed by atoms with van der Waals surface area (Å²) >= 11 is 0. The van der Waals surface area contributed by atoms with E-state index in [1.165, 1.54) is 12.1 Å². The molecule has 0 bridgehead atoms. The number of nitrogens with zero attached hydrogens (tertiary/aromatic N) is 3. The highest BCUT2D eigenvalue weighted by Gasteiger charge is 2.21. The van der Waals surface area contributed by atoms with E-state index in [-0.39, 0.29) is 5.82 Å². The Bertz CT molecular complexity index is 724. The van der Waals surface area contributed by atoms with Crippen molar-refractivity contribution in [3.8, 4) is 5.75 Å². The second-order valence-corrected chi connectivity index (χ2v) is 5.99. The first-order chi connectivity index (χ1) is 12.2. The number of hydrogen-bond acceptors (Lipinski definition) is 3. The number of piperazine rings is 1. The van der Waals surface area contributed by atoms with Gasteiger partial charge in [0.2, 0.25) is 0 Å². The molecular weight excluding hydrogens is 319 g/mol. The summed E-state index contributed by atoms with van der Waals surface area (Å²) in [6.45, 7) is 3.87. The highest BCUT2D eigenvalue weighted by atomic mass is 19.1. The van der Waals surface area contributed by atoms with E-state index < -0.39 is 0 Å². The van der Waals surface area contributed by atoms with Crippen molar-refractivity contribution in [1.82, 2.24) is 10.2 Å². The molecule has 0 amide bonds. The van der Waals surface area contributed by atoms with Crippen LogP contribution >= 0.6 is 0 Å². The second kappa shape index (κ2) is 7.88. The van der Waals surface area contributed by atoms with Gasteiger partial charge >= 0.3 is 0 Å². The lowest BCUT2D eigenvalue weighted by Crippen LogP contribution is -2.52. The van der Waals surface area contributed by atoms with Crippen LogP contribution < -0.4 is 10.2 Å². The van der Waals surface area contributed by atoms with Gasteiger partial charge in [-0.25, -0.2) is 4.39 Å². The minimum atomic E-state index is -0.228. The fourth-order valence-electron chi connectivity index (χ4n) is 3.01. The molecule has 0 radical (unpaired) electrons. The SMILES string of the molecule is CN=C(NCc1ccc(F)cc1)N1CCN(c2ccccc2O)CC1. The number of anilines is 1. The normalized spacial score (nSPS) is 15.4. The van der Waals surface area contributed by atoms with Crippen molar-refractivity contribution >= 4 is 11.6 Å². The summed E-state index contributed by atoms with van der Waals surface area (Å²) in [5.41, 5.74) is 1.88. The van der Waals surface area contributed by atoms with E-state index in [0.717, 1.165) is 43.4 Å². The van der Waals surface area contributed by atoms with Gasteiger partial charge in [-0.05, 0) is 29.8 Å². The predicted molar refractivity (Wildman–Crippen MR) is 98.5 cm³/mol. The minimum Gasteiger partial charge on any atom is -0.506 e. The Hall–Kier alpha value is -2.76. The Kier molecular flexibility index (Phi) is 5.38. The molecule has 0 spiro atoms. The Morgan fingerprint density at radius 3 is 2.40 bits per heavy atom. The van der Waals surface area contributed by atoms with Gasteiger partial charge in [-0.15, -0.1) is 0 Å². The molecule has 0 saturated carbocycles. The minimum absolute atomic E-state index is 0.228. The number of rotatable bonds is 3. The van der Waals surface area contributed by atoms with Crippen molar-refractivity contribution in [2.45, 2.75) is 6.54 Å². The number of hydrogen-bond donors (Lipinski definition) is 2. The Balaban J connectivity index is 1.55. The summed E-state index contributed by atoms with van der Waals surface area (Å²) in [6, 6.07) is 13.9. The monoisotopic (exact) mass is 342 g/mol. The van der Waals surface area contributed by atoms with Crippen LogP contribution in [0.3, 0.4) is 0 Å². The number of phenolic OH excluding ortho intramolecular Hbond substituents is 1. The van der Waals surface area contributed by atoms with Gasteiger partial charge in [-0.3, -0.25) is 4.99 Å². The van der Waals surface area contributed by atoms with Gasteiger partial charge in [0.1, 0.15) is 11.6 Å². The summed E-state index contributed by atoms with van der Waals surface area (Å²) < 4.78 is 13.0. The van der Waals surface area contributed by atoms with Crippen molar-refractivity contribution in [3.05, 3.63) is 59.9 Å². The highest BCUT2D eigenvalue weighted by Crippen LogP contribution is 2.27. The molecular formula is C19H23FN4O. The molecule has 1 saturated heterocycles. The highest BCUT2D eigenvalue weighted by molar-refractivity contribution is 5.80. The Labute approximate surface area is 147 Å². The number of benzene rings is 2. The maximum absolute atomic E-state index is 13.0. The third-order valence-corrected chi connectivity index (χ3v) is 4.38. The van der Waals surface area contributed by atoms with Crippen LogP contribution in [0.1, 0.15) is 5.56 Å². The van der Waals surface area contributed by atoms with Crippen molar-refractivity contribution in [2.75, 3.05) is 38.1 Å². The van der Waals surface area contributed by atoms with E-state index in [4.69, 9.17) is 0 Å². The van der Waals surface area contributed by atoms with E-state index in [2.05, 4.69) is 20.1 Å². The summed E-state index contributed by atoms with van der Waals surface area (Å²) in [5, 5.41) is 13.3. The van der Waals surface area contributed by atoms with E-state index in [1.54, 1.807) is 25.2 Å². The second-order valence-electron chi connectivity index (χ2n) is 5.99. The lowest BCUT2D eigenvalue weighted by atomic mass is 10.2. The quantitative estimate of drug-likeness (QED) is 0.664. The fraction of sp³-hybridized carbons (Fsp3) is 0.316. The van der Waals surface area contributed by atoms with Crippen molar-refractivity contribution in [1.29, 1.82) is 0 Å². The van der Waals surface area contributed by atoms with Gasteiger partial charge in [0.15, 0.2) is 5.96 Å². The number of phenols is 1. The Morgan fingerprint density at radius 1 is 1.08 bits per heavy atom. The number of halogens is 1. The summed E-state index contributed by atoms with van der Waals surface area (Å²) in [4.78, 5) is 8.72. The third-order valence-electron chi connectivity index (χ3n) is 4.38. The van der Waals surface area contributed by atoms with Gasteiger partial charge in [0, 0.05) is 39.8 Å². The number of nitrogens with one attached hydrogen (secondary N) is 1. The molecule has 0 aromatic heterocycles. The van der Waals surface area contributed by atoms with E-state index >= 15 is 0 Å².